The van der Waals surface area contributed by atoms with Gasteiger partial charge in [-0.2, -0.15) is 0 Å². The molecule has 2 aromatic heterocycles. The number of hydrogen-bond donors (Lipinski definition) is 2. The summed E-state index contributed by atoms with van der Waals surface area (Å²) in [5.74, 6) is 2.06. The molecule has 242 valence electrons. The van der Waals surface area contributed by atoms with Gasteiger partial charge in [-0.1, -0.05) is 6.07 Å². The maximum atomic E-state index is 14.4. The number of halogens is 1. The Hall–Kier alpha value is -4.42. The highest BCUT2D eigenvalue weighted by molar-refractivity contribution is 5.89. The molecule has 3 atom stereocenters. The van der Waals surface area contributed by atoms with Crippen LogP contribution in [-0.4, -0.2) is 78.1 Å². The molecule has 1 aliphatic carbocycles. The van der Waals surface area contributed by atoms with E-state index in [4.69, 9.17) is 19.2 Å². The highest BCUT2D eigenvalue weighted by atomic mass is 19.1. The van der Waals surface area contributed by atoms with Gasteiger partial charge in [0.2, 0.25) is 0 Å². The normalized spacial score (nSPS) is 21.3. The van der Waals surface area contributed by atoms with Gasteiger partial charge in [-0.15, -0.1) is 0 Å². The molecule has 12 heteroatoms. The number of rotatable bonds is 7. The zero-order valence-electron chi connectivity index (χ0n) is 26.5. The second kappa shape index (κ2) is 12.8. The van der Waals surface area contributed by atoms with E-state index < -0.39 is 6.17 Å². The van der Waals surface area contributed by atoms with Crippen molar-refractivity contribution in [3.05, 3.63) is 65.5 Å². The molecule has 1 saturated heterocycles. The molecular formula is C34H40FN7O4. The maximum Gasteiger partial charge on any atom is 0.328 e. The number of benzene rings is 2. The molecule has 2 N–H and O–H groups in total. The van der Waals surface area contributed by atoms with Gasteiger partial charge in [-0.25, -0.2) is 23.7 Å². The van der Waals surface area contributed by atoms with Gasteiger partial charge in [0.15, 0.2) is 5.65 Å². The predicted molar refractivity (Wildman–Crippen MR) is 174 cm³/mol. The summed E-state index contributed by atoms with van der Waals surface area (Å²) in [6.45, 7) is 2.72. The number of carbonyl (C=O) groups is 1. The van der Waals surface area contributed by atoms with Crippen molar-refractivity contribution >= 4 is 34.4 Å². The van der Waals surface area contributed by atoms with Crippen LogP contribution in [-0.2, 0) is 24.4 Å². The molecule has 4 aromatic rings. The van der Waals surface area contributed by atoms with Crippen molar-refractivity contribution in [1.29, 1.82) is 0 Å². The van der Waals surface area contributed by atoms with Gasteiger partial charge in [-0.3, -0.25) is 4.90 Å². The van der Waals surface area contributed by atoms with Crippen molar-refractivity contribution in [2.75, 3.05) is 44.6 Å². The minimum Gasteiger partial charge on any atom is -0.497 e. The lowest BCUT2D eigenvalue weighted by molar-refractivity contribution is -0.0323. The molecule has 11 nitrogen and oxygen atoms in total. The number of amides is 1. The molecular weight excluding hydrogens is 589 g/mol. The fraction of sp³-hybridized carbons (Fsp3) is 0.441. The summed E-state index contributed by atoms with van der Waals surface area (Å²) < 4.78 is 33.2. The van der Waals surface area contributed by atoms with Crippen LogP contribution in [0.4, 0.5) is 26.4 Å². The molecule has 4 bridgehead atoms. The number of fused-ring (bicyclic) bond motifs is 4. The Kier molecular flexibility index (Phi) is 8.39. The molecule has 1 amide bonds. The molecule has 4 heterocycles. The molecule has 2 fully saturated rings. The van der Waals surface area contributed by atoms with Crippen LogP contribution in [0.2, 0.25) is 0 Å². The lowest BCUT2D eigenvalue weighted by Gasteiger charge is -2.37. The standard InChI is InChI=1S/C34H40FN7O4/c1-40(16-22-6-7-27(44-2)15-30(22)45-3)17-23-13-31-37-25-11-21(12-26(14-25)41-10-4-5-24(35)18-41)19-46-29-9-8-28(29)38-34(43)42-20-36-32(23)33(42)39-31/h6-7,11-15,20,24,28-29H,4-5,8-10,16-19H2,1-3H3,(H,37,39)(H,38,43)/t24?,28-,29-/m1/s1. The van der Waals surface area contributed by atoms with Crippen molar-refractivity contribution in [3.63, 3.8) is 0 Å². The highest BCUT2D eigenvalue weighted by Gasteiger charge is 2.34. The summed E-state index contributed by atoms with van der Waals surface area (Å²) >= 11 is 0. The Morgan fingerprint density at radius 1 is 1.07 bits per heavy atom. The Morgan fingerprint density at radius 2 is 1.93 bits per heavy atom. The molecule has 1 saturated carbocycles. The van der Waals surface area contributed by atoms with Crippen molar-refractivity contribution < 1.29 is 23.4 Å². The number of hydrogen-bond acceptors (Lipinski definition) is 9. The summed E-state index contributed by atoms with van der Waals surface area (Å²) in [6.07, 6.45) is 3.72. The number of nitrogens with zero attached hydrogens (tertiary/aromatic N) is 5. The van der Waals surface area contributed by atoms with Crippen LogP contribution in [0.1, 0.15) is 42.4 Å². The van der Waals surface area contributed by atoms with Gasteiger partial charge in [0.05, 0.1) is 33.0 Å². The van der Waals surface area contributed by atoms with Gasteiger partial charge in [0, 0.05) is 49.2 Å². The summed E-state index contributed by atoms with van der Waals surface area (Å²) in [4.78, 5) is 27.3. The first-order valence-electron chi connectivity index (χ1n) is 15.9. The zero-order chi connectivity index (χ0) is 31.8. The van der Waals surface area contributed by atoms with Crippen LogP contribution in [0.5, 0.6) is 11.5 Å². The van der Waals surface area contributed by atoms with Gasteiger partial charge < -0.3 is 29.7 Å². The van der Waals surface area contributed by atoms with E-state index in [0.29, 0.717) is 49.6 Å². The number of aromatic nitrogens is 3. The monoisotopic (exact) mass is 629 g/mol. The van der Waals surface area contributed by atoms with Gasteiger partial charge in [0.25, 0.3) is 0 Å². The number of piperidine rings is 1. The van der Waals surface area contributed by atoms with Crippen molar-refractivity contribution in [1.82, 2.24) is 24.8 Å². The fourth-order valence-corrected chi connectivity index (χ4v) is 6.59. The number of pyridine rings is 1. The molecule has 46 heavy (non-hydrogen) atoms. The largest absolute Gasteiger partial charge is 0.497 e. The van der Waals surface area contributed by atoms with Crippen molar-refractivity contribution in [2.45, 2.75) is 63.7 Å². The van der Waals surface area contributed by atoms with E-state index in [9.17, 15) is 9.18 Å². The quantitative estimate of drug-likeness (QED) is 0.279. The van der Waals surface area contributed by atoms with Crippen molar-refractivity contribution in [2.24, 2.45) is 0 Å². The predicted octanol–water partition coefficient (Wildman–Crippen LogP) is 5.38. The van der Waals surface area contributed by atoms with Crippen LogP contribution in [0.3, 0.4) is 0 Å². The maximum absolute atomic E-state index is 14.4. The number of imidazole rings is 1. The first-order chi connectivity index (χ1) is 22.4. The van der Waals surface area contributed by atoms with Crippen LogP contribution in [0.15, 0.2) is 48.8 Å². The minimum absolute atomic E-state index is 0.0883. The Bertz CT molecular complexity index is 1750. The molecule has 0 radical (unpaired) electrons. The molecule has 1 unspecified atom stereocenters. The highest BCUT2D eigenvalue weighted by Crippen LogP contribution is 2.32. The summed E-state index contributed by atoms with van der Waals surface area (Å²) in [5, 5.41) is 6.62. The van der Waals surface area contributed by atoms with E-state index in [1.807, 2.05) is 37.4 Å². The fourth-order valence-electron chi connectivity index (χ4n) is 6.59. The van der Waals surface area contributed by atoms with Gasteiger partial charge in [0.1, 0.15) is 35.3 Å². The minimum atomic E-state index is -0.843. The summed E-state index contributed by atoms with van der Waals surface area (Å²) in [5.41, 5.74) is 5.81. The number of methoxy groups -OCH3 is 2. The van der Waals surface area contributed by atoms with Crippen LogP contribution in [0.25, 0.3) is 11.2 Å². The van der Waals surface area contributed by atoms with E-state index >= 15 is 0 Å². The van der Waals surface area contributed by atoms with Crippen LogP contribution in [0, 0.1) is 0 Å². The zero-order valence-corrected chi connectivity index (χ0v) is 26.5. The average molecular weight is 630 g/mol. The van der Waals surface area contributed by atoms with E-state index in [0.717, 1.165) is 65.4 Å². The number of nitrogens with one attached hydrogen (secondary N) is 2. The molecule has 0 spiro atoms. The van der Waals surface area contributed by atoms with E-state index in [1.54, 1.807) is 14.2 Å². The third-order valence-corrected chi connectivity index (χ3v) is 9.14. The van der Waals surface area contributed by atoms with Crippen molar-refractivity contribution in [3.8, 4) is 11.5 Å². The Morgan fingerprint density at radius 3 is 2.72 bits per heavy atom. The molecule has 2 aromatic carbocycles. The number of anilines is 3. The third kappa shape index (κ3) is 6.19. The lowest BCUT2D eigenvalue weighted by Crippen LogP contribution is -2.52. The van der Waals surface area contributed by atoms with Gasteiger partial charge in [-0.05, 0) is 74.2 Å². The van der Waals surface area contributed by atoms with E-state index in [-0.39, 0.29) is 18.2 Å². The molecule has 3 aliphatic rings. The second-order valence-corrected chi connectivity index (χ2v) is 12.5. The first-order valence-corrected chi connectivity index (χ1v) is 15.9. The SMILES string of the molecule is COc1ccc(CN(C)Cc2cc3nc4c2ncn4C(=O)N[C@@H]2CC[C@H]2OCc2cc(cc(N4CCCC(F)C4)c2)N3)c(OC)c1. The van der Waals surface area contributed by atoms with E-state index in [1.165, 1.54) is 10.9 Å². The molecule has 7 rings (SSSR count). The Balaban J connectivity index is 1.25. The Labute approximate surface area is 267 Å². The van der Waals surface area contributed by atoms with Gasteiger partial charge >= 0.3 is 6.03 Å². The smallest absolute Gasteiger partial charge is 0.328 e. The number of ether oxygens (including phenoxy) is 3. The topological polar surface area (TPSA) is 106 Å². The first kappa shape index (κ1) is 30.2. The number of carbonyl (C=O) groups excluding carboxylic acids is 1. The summed E-state index contributed by atoms with van der Waals surface area (Å²) in [6, 6.07) is 13.6. The lowest BCUT2D eigenvalue weighted by atomic mass is 9.89. The van der Waals surface area contributed by atoms with Crippen LogP contribution >= 0.6 is 0 Å². The average Bonchev–Trinajstić information content (AvgIpc) is 3.47. The summed E-state index contributed by atoms with van der Waals surface area (Å²) in [7, 11) is 5.32. The van der Waals surface area contributed by atoms with E-state index in [2.05, 4.69) is 37.6 Å². The molecule has 2 aliphatic heterocycles. The second-order valence-electron chi connectivity index (χ2n) is 12.5. The van der Waals surface area contributed by atoms with Crippen LogP contribution < -0.4 is 25.0 Å². The third-order valence-electron chi connectivity index (χ3n) is 9.14. The number of alkyl halides is 1.